The van der Waals surface area contributed by atoms with Gasteiger partial charge in [-0.25, -0.2) is 0 Å². The molecular weight excluding hydrogens is 278 g/mol. The Kier molecular flexibility index (Phi) is 6.93. The molecule has 2 aromatic rings. The summed E-state index contributed by atoms with van der Waals surface area (Å²) >= 11 is 1.79. The topological polar surface area (TPSA) is 21.3 Å². The predicted octanol–water partition coefficient (Wildman–Crippen LogP) is 4.25. The van der Waals surface area contributed by atoms with Crippen LogP contribution in [0.2, 0.25) is 0 Å². The summed E-state index contributed by atoms with van der Waals surface area (Å²) in [7, 11) is 0. The summed E-state index contributed by atoms with van der Waals surface area (Å²) < 4.78 is 5.78. The van der Waals surface area contributed by atoms with E-state index in [1.807, 2.05) is 0 Å². The fourth-order valence-electron chi connectivity index (χ4n) is 2.15. The second-order valence-corrected chi connectivity index (χ2v) is 6.76. The molecule has 1 heterocycles. The molecule has 1 aromatic carbocycles. The zero-order chi connectivity index (χ0) is 14.9. The summed E-state index contributed by atoms with van der Waals surface area (Å²) in [5.41, 5.74) is 2.58. The average Bonchev–Trinajstić information content (AvgIpc) is 2.97. The molecule has 0 aliphatic heterocycles. The van der Waals surface area contributed by atoms with Crippen molar-refractivity contribution in [2.75, 3.05) is 13.2 Å². The minimum atomic E-state index is 0.689. The summed E-state index contributed by atoms with van der Waals surface area (Å²) in [6.07, 6.45) is 1.01. The minimum Gasteiger partial charge on any atom is -0.376 e. The van der Waals surface area contributed by atoms with Crippen LogP contribution >= 0.6 is 11.3 Å². The zero-order valence-electron chi connectivity index (χ0n) is 13.0. The van der Waals surface area contributed by atoms with Gasteiger partial charge in [0.1, 0.15) is 0 Å². The van der Waals surface area contributed by atoms with Crippen molar-refractivity contribution in [3.8, 4) is 0 Å². The van der Waals surface area contributed by atoms with E-state index in [2.05, 4.69) is 60.9 Å². The maximum absolute atomic E-state index is 5.78. The van der Waals surface area contributed by atoms with E-state index < -0.39 is 0 Å². The summed E-state index contributed by atoms with van der Waals surface area (Å²) in [5.74, 6) is 0.689. The van der Waals surface area contributed by atoms with Crippen LogP contribution in [0.5, 0.6) is 0 Å². The van der Waals surface area contributed by atoms with Crippen LogP contribution in [0.15, 0.2) is 41.8 Å². The van der Waals surface area contributed by atoms with Gasteiger partial charge < -0.3 is 10.1 Å². The maximum Gasteiger partial charge on any atom is 0.0717 e. The van der Waals surface area contributed by atoms with Crippen LogP contribution < -0.4 is 5.32 Å². The first-order chi connectivity index (χ1) is 10.2. The van der Waals surface area contributed by atoms with Gasteiger partial charge in [-0.3, -0.25) is 0 Å². The van der Waals surface area contributed by atoms with Crippen LogP contribution in [0.3, 0.4) is 0 Å². The molecule has 0 bridgehead atoms. The third-order valence-corrected chi connectivity index (χ3v) is 4.15. The van der Waals surface area contributed by atoms with Crippen LogP contribution in [0.1, 0.15) is 29.9 Å². The summed E-state index contributed by atoms with van der Waals surface area (Å²) in [6.45, 7) is 7.93. The van der Waals surface area contributed by atoms with E-state index in [0.717, 1.165) is 26.1 Å². The van der Waals surface area contributed by atoms with Crippen LogP contribution in [-0.4, -0.2) is 13.2 Å². The van der Waals surface area contributed by atoms with E-state index >= 15 is 0 Å². The fraction of sp³-hybridized carbons (Fsp3) is 0.444. The van der Waals surface area contributed by atoms with Crippen molar-refractivity contribution in [1.82, 2.24) is 5.32 Å². The number of nitrogens with one attached hydrogen (secondary N) is 1. The van der Waals surface area contributed by atoms with Crippen molar-refractivity contribution in [3.63, 3.8) is 0 Å². The van der Waals surface area contributed by atoms with Gasteiger partial charge in [-0.05, 0) is 35.0 Å². The molecule has 0 saturated heterocycles. The lowest BCUT2D eigenvalue weighted by molar-refractivity contribution is 0.124. The van der Waals surface area contributed by atoms with Crippen molar-refractivity contribution in [2.45, 2.75) is 33.4 Å². The highest BCUT2D eigenvalue weighted by atomic mass is 32.1. The Bertz CT molecular complexity index is 508. The highest BCUT2D eigenvalue weighted by Gasteiger charge is 1.99. The Balaban J connectivity index is 1.70. The van der Waals surface area contributed by atoms with Gasteiger partial charge in [0, 0.05) is 17.8 Å². The molecular formula is C18H25NOS. The SMILES string of the molecule is CC(C)CNCc1cccc(COCCc2cccs2)c1. The molecule has 0 amide bonds. The Labute approximate surface area is 132 Å². The van der Waals surface area contributed by atoms with E-state index in [4.69, 9.17) is 4.74 Å². The summed E-state index contributed by atoms with van der Waals surface area (Å²) in [5, 5.41) is 5.59. The van der Waals surface area contributed by atoms with Crippen molar-refractivity contribution >= 4 is 11.3 Å². The molecule has 114 valence electrons. The molecule has 2 nitrogen and oxygen atoms in total. The van der Waals surface area contributed by atoms with Gasteiger partial charge in [0.2, 0.25) is 0 Å². The maximum atomic E-state index is 5.78. The molecule has 21 heavy (non-hydrogen) atoms. The van der Waals surface area contributed by atoms with Gasteiger partial charge in [0.15, 0.2) is 0 Å². The number of hydrogen-bond donors (Lipinski definition) is 1. The van der Waals surface area contributed by atoms with Crippen molar-refractivity contribution in [2.24, 2.45) is 5.92 Å². The molecule has 0 aliphatic rings. The Morgan fingerprint density at radius 2 is 2.00 bits per heavy atom. The Morgan fingerprint density at radius 3 is 2.76 bits per heavy atom. The quantitative estimate of drug-likeness (QED) is 0.699. The molecule has 0 saturated carbocycles. The van der Waals surface area contributed by atoms with E-state index in [1.165, 1.54) is 16.0 Å². The van der Waals surface area contributed by atoms with Gasteiger partial charge in [0.25, 0.3) is 0 Å². The summed E-state index contributed by atoms with van der Waals surface area (Å²) in [4.78, 5) is 1.39. The number of hydrogen-bond acceptors (Lipinski definition) is 3. The molecule has 3 heteroatoms. The van der Waals surface area contributed by atoms with E-state index in [9.17, 15) is 0 Å². The lowest BCUT2D eigenvalue weighted by Gasteiger charge is -2.09. The largest absolute Gasteiger partial charge is 0.376 e. The predicted molar refractivity (Wildman–Crippen MR) is 90.7 cm³/mol. The van der Waals surface area contributed by atoms with E-state index in [1.54, 1.807) is 11.3 Å². The molecule has 0 spiro atoms. The first-order valence-corrected chi connectivity index (χ1v) is 8.50. The van der Waals surface area contributed by atoms with E-state index in [0.29, 0.717) is 12.5 Å². The standard InChI is InChI=1S/C18H25NOS/c1-15(2)12-19-13-16-5-3-6-17(11-16)14-20-9-8-18-7-4-10-21-18/h3-7,10-11,15,19H,8-9,12-14H2,1-2H3. The van der Waals surface area contributed by atoms with Gasteiger partial charge in [-0.1, -0.05) is 44.2 Å². The molecule has 0 fully saturated rings. The number of rotatable bonds is 9. The number of thiophene rings is 1. The Hall–Kier alpha value is -1.16. The summed E-state index contributed by atoms with van der Waals surface area (Å²) in [6, 6.07) is 12.9. The van der Waals surface area contributed by atoms with Gasteiger partial charge in [0.05, 0.1) is 13.2 Å². The molecule has 2 rings (SSSR count). The van der Waals surface area contributed by atoms with Crippen molar-refractivity contribution in [1.29, 1.82) is 0 Å². The first kappa shape index (κ1) is 16.2. The van der Waals surface area contributed by atoms with Crippen LogP contribution in [0.25, 0.3) is 0 Å². The third-order valence-electron chi connectivity index (χ3n) is 3.21. The van der Waals surface area contributed by atoms with Crippen LogP contribution in [-0.2, 0) is 24.3 Å². The average molecular weight is 303 g/mol. The number of ether oxygens (including phenoxy) is 1. The lowest BCUT2D eigenvalue weighted by Crippen LogP contribution is -2.18. The van der Waals surface area contributed by atoms with Gasteiger partial charge in [-0.2, -0.15) is 0 Å². The molecule has 0 atom stereocenters. The second-order valence-electron chi connectivity index (χ2n) is 5.73. The second kappa shape index (κ2) is 8.98. The van der Waals surface area contributed by atoms with Crippen LogP contribution in [0.4, 0.5) is 0 Å². The monoisotopic (exact) mass is 303 g/mol. The molecule has 0 aliphatic carbocycles. The minimum absolute atomic E-state index is 0.689. The molecule has 1 N–H and O–H groups in total. The highest BCUT2D eigenvalue weighted by molar-refractivity contribution is 7.09. The fourth-order valence-corrected chi connectivity index (χ4v) is 2.84. The highest BCUT2D eigenvalue weighted by Crippen LogP contribution is 2.10. The third kappa shape index (κ3) is 6.42. The normalized spacial score (nSPS) is 11.2. The van der Waals surface area contributed by atoms with Crippen molar-refractivity contribution in [3.05, 3.63) is 57.8 Å². The zero-order valence-corrected chi connectivity index (χ0v) is 13.8. The lowest BCUT2D eigenvalue weighted by atomic mass is 10.1. The molecule has 0 radical (unpaired) electrons. The smallest absolute Gasteiger partial charge is 0.0717 e. The Morgan fingerprint density at radius 1 is 1.14 bits per heavy atom. The molecule has 0 unspecified atom stereocenters. The van der Waals surface area contributed by atoms with Crippen molar-refractivity contribution < 1.29 is 4.74 Å². The first-order valence-electron chi connectivity index (χ1n) is 7.62. The van der Waals surface area contributed by atoms with E-state index in [-0.39, 0.29) is 0 Å². The molecule has 1 aromatic heterocycles. The van der Waals surface area contributed by atoms with Crippen LogP contribution in [0, 0.1) is 5.92 Å². The van der Waals surface area contributed by atoms with Gasteiger partial charge in [-0.15, -0.1) is 11.3 Å². The number of benzene rings is 1. The van der Waals surface area contributed by atoms with Gasteiger partial charge >= 0.3 is 0 Å².